The van der Waals surface area contributed by atoms with Crippen molar-refractivity contribution in [3.05, 3.63) is 70.5 Å². The normalized spacial score (nSPS) is 14.7. The van der Waals surface area contributed by atoms with E-state index in [0.29, 0.717) is 5.39 Å². The van der Waals surface area contributed by atoms with Gasteiger partial charge in [0.05, 0.1) is 29.2 Å². The molecule has 7 heteroatoms. The summed E-state index contributed by atoms with van der Waals surface area (Å²) >= 11 is 0. The summed E-state index contributed by atoms with van der Waals surface area (Å²) in [6, 6.07) is 14.9. The molecule has 1 aliphatic heterocycles. The predicted octanol–water partition coefficient (Wildman–Crippen LogP) is 4.06. The zero-order valence-electron chi connectivity index (χ0n) is 14.7. The van der Waals surface area contributed by atoms with Gasteiger partial charge in [-0.1, -0.05) is 24.3 Å². The Kier molecular flexibility index (Phi) is 6.01. The van der Waals surface area contributed by atoms with Gasteiger partial charge in [0, 0.05) is 37.5 Å². The van der Waals surface area contributed by atoms with E-state index in [1.54, 1.807) is 18.2 Å². The van der Waals surface area contributed by atoms with Crippen LogP contribution in [0.15, 0.2) is 54.7 Å². The van der Waals surface area contributed by atoms with Crippen LogP contribution < -0.4 is 0 Å². The van der Waals surface area contributed by atoms with Crippen LogP contribution in [0, 0.1) is 10.1 Å². The number of morpholine rings is 1. The topological polar surface area (TPSA) is 68.5 Å². The Balaban J connectivity index is 0.00000210. The summed E-state index contributed by atoms with van der Waals surface area (Å²) < 4.78 is 5.37. The molecule has 0 spiro atoms. The summed E-state index contributed by atoms with van der Waals surface area (Å²) in [7, 11) is 0. The highest BCUT2D eigenvalue weighted by molar-refractivity contribution is 6.01. The number of benzene rings is 2. The Morgan fingerprint density at radius 3 is 2.44 bits per heavy atom. The summed E-state index contributed by atoms with van der Waals surface area (Å²) in [6.45, 7) is 4.21. The lowest BCUT2D eigenvalue weighted by molar-refractivity contribution is -0.383. The minimum atomic E-state index is -0.338. The highest BCUT2D eigenvalue weighted by atomic mass is 35.5. The fraction of sp³-hybridized carbons (Fsp3) is 0.250. The van der Waals surface area contributed by atoms with Crippen LogP contribution in [0.5, 0.6) is 0 Å². The summed E-state index contributed by atoms with van der Waals surface area (Å²) in [5, 5.41) is 12.8. The van der Waals surface area contributed by atoms with Gasteiger partial charge in [-0.25, -0.2) is 0 Å². The van der Waals surface area contributed by atoms with Crippen molar-refractivity contribution >= 4 is 28.9 Å². The van der Waals surface area contributed by atoms with Crippen LogP contribution in [0.3, 0.4) is 0 Å². The van der Waals surface area contributed by atoms with Crippen LogP contribution in [0.1, 0.15) is 5.69 Å². The second kappa shape index (κ2) is 8.43. The lowest BCUT2D eigenvalue weighted by atomic mass is 9.98. The van der Waals surface area contributed by atoms with Crippen LogP contribution in [-0.4, -0.2) is 41.1 Å². The molecule has 4 rings (SSSR count). The van der Waals surface area contributed by atoms with Gasteiger partial charge < -0.3 is 4.74 Å². The molecule has 1 saturated heterocycles. The average Bonchev–Trinajstić information content (AvgIpc) is 2.68. The summed E-state index contributed by atoms with van der Waals surface area (Å²) in [4.78, 5) is 17.9. The second-order valence-electron chi connectivity index (χ2n) is 6.36. The van der Waals surface area contributed by atoms with Gasteiger partial charge in [-0.3, -0.25) is 20.0 Å². The first-order valence-electron chi connectivity index (χ1n) is 8.64. The number of aromatic nitrogens is 1. The van der Waals surface area contributed by atoms with E-state index in [4.69, 9.17) is 4.74 Å². The number of non-ortho nitro benzene ring substituents is 1. The third kappa shape index (κ3) is 4.08. The number of ether oxygens (including phenoxy) is 1. The van der Waals surface area contributed by atoms with Gasteiger partial charge >= 0.3 is 0 Å². The number of pyridine rings is 1. The fourth-order valence-electron chi connectivity index (χ4n) is 3.36. The Bertz CT molecular complexity index is 941. The zero-order chi connectivity index (χ0) is 17.9. The smallest absolute Gasteiger partial charge is 0.277 e. The predicted molar refractivity (Wildman–Crippen MR) is 107 cm³/mol. The van der Waals surface area contributed by atoms with Crippen molar-refractivity contribution in [2.45, 2.75) is 6.54 Å². The van der Waals surface area contributed by atoms with E-state index >= 15 is 0 Å². The lowest BCUT2D eigenvalue weighted by Gasteiger charge is -2.26. The number of hydrogen-bond acceptors (Lipinski definition) is 5. The number of fused-ring (bicyclic) bond motifs is 1. The molecule has 2 aromatic carbocycles. The number of nitro groups is 1. The molecule has 27 heavy (non-hydrogen) atoms. The van der Waals surface area contributed by atoms with Crippen molar-refractivity contribution in [1.29, 1.82) is 0 Å². The van der Waals surface area contributed by atoms with E-state index in [1.165, 1.54) is 0 Å². The molecule has 0 atom stereocenters. The van der Waals surface area contributed by atoms with E-state index in [0.717, 1.165) is 55.1 Å². The molecule has 1 aromatic heterocycles. The molecule has 0 aliphatic carbocycles. The van der Waals surface area contributed by atoms with Crippen molar-refractivity contribution in [3.8, 4) is 11.1 Å². The minimum Gasteiger partial charge on any atom is -0.379 e. The number of hydrogen-bond donors (Lipinski definition) is 0. The summed E-state index contributed by atoms with van der Waals surface area (Å²) in [5.74, 6) is 0. The van der Waals surface area contributed by atoms with E-state index in [9.17, 15) is 10.1 Å². The molecule has 0 unspecified atom stereocenters. The lowest BCUT2D eigenvalue weighted by Crippen LogP contribution is -2.35. The van der Waals surface area contributed by atoms with E-state index in [2.05, 4.69) is 9.88 Å². The van der Waals surface area contributed by atoms with Gasteiger partial charge in [-0.2, -0.15) is 0 Å². The molecule has 1 fully saturated rings. The van der Waals surface area contributed by atoms with Crippen LogP contribution in [0.4, 0.5) is 5.69 Å². The largest absolute Gasteiger partial charge is 0.379 e. The Hall–Kier alpha value is -2.54. The Morgan fingerprint density at radius 2 is 1.78 bits per heavy atom. The standard InChI is InChI=1S/C20H19N3O3.ClH/c24-23(25)20-8-7-17(18-3-1-2-4-19(18)20)15-5-6-16(21-13-15)14-22-9-11-26-12-10-22;/h1-8,13H,9-12,14H2;1H. The quantitative estimate of drug-likeness (QED) is 0.500. The van der Waals surface area contributed by atoms with E-state index in [1.807, 2.05) is 36.5 Å². The van der Waals surface area contributed by atoms with Gasteiger partial charge in [-0.05, 0) is 29.1 Å². The van der Waals surface area contributed by atoms with Gasteiger partial charge in [0.2, 0.25) is 0 Å². The first kappa shape index (κ1) is 19.2. The average molecular weight is 386 g/mol. The maximum Gasteiger partial charge on any atom is 0.277 e. The van der Waals surface area contributed by atoms with Gasteiger partial charge in [-0.15, -0.1) is 12.4 Å². The molecule has 0 bridgehead atoms. The molecule has 2 heterocycles. The van der Waals surface area contributed by atoms with Gasteiger partial charge in [0.25, 0.3) is 5.69 Å². The maximum atomic E-state index is 11.3. The van der Waals surface area contributed by atoms with Crippen molar-refractivity contribution in [2.24, 2.45) is 0 Å². The number of halogens is 1. The third-order valence-corrected chi connectivity index (χ3v) is 4.72. The number of nitrogens with zero attached hydrogens (tertiary/aromatic N) is 3. The van der Waals surface area contributed by atoms with Crippen molar-refractivity contribution in [3.63, 3.8) is 0 Å². The third-order valence-electron chi connectivity index (χ3n) is 4.72. The number of rotatable bonds is 4. The van der Waals surface area contributed by atoms with Crippen LogP contribution >= 0.6 is 12.4 Å². The highest BCUT2D eigenvalue weighted by Crippen LogP contribution is 2.34. The molecular weight excluding hydrogens is 366 g/mol. The summed E-state index contributed by atoms with van der Waals surface area (Å²) in [5.41, 5.74) is 3.06. The molecule has 0 N–H and O–H groups in total. The SMILES string of the molecule is Cl.O=[N+]([O-])c1ccc(-c2ccc(CN3CCOCC3)nc2)c2ccccc12. The zero-order valence-corrected chi connectivity index (χ0v) is 15.5. The van der Waals surface area contributed by atoms with Gasteiger partial charge in [0.15, 0.2) is 0 Å². The monoisotopic (exact) mass is 385 g/mol. The molecule has 140 valence electrons. The number of nitro benzene ring substituents is 1. The fourth-order valence-corrected chi connectivity index (χ4v) is 3.36. The van der Waals surface area contributed by atoms with Crippen LogP contribution in [0.25, 0.3) is 21.9 Å². The maximum absolute atomic E-state index is 11.3. The van der Waals surface area contributed by atoms with Crippen LogP contribution in [-0.2, 0) is 11.3 Å². The second-order valence-corrected chi connectivity index (χ2v) is 6.36. The molecule has 6 nitrogen and oxygen atoms in total. The molecule has 0 radical (unpaired) electrons. The molecule has 1 aliphatic rings. The van der Waals surface area contributed by atoms with Crippen molar-refractivity contribution in [1.82, 2.24) is 9.88 Å². The summed E-state index contributed by atoms with van der Waals surface area (Å²) in [6.07, 6.45) is 1.85. The first-order chi connectivity index (χ1) is 12.7. The van der Waals surface area contributed by atoms with Gasteiger partial charge in [0.1, 0.15) is 0 Å². The molecule has 0 saturated carbocycles. The Labute approximate surface area is 163 Å². The molecule has 3 aromatic rings. The minimum absolute atomic E-state index is 0. The van der Waals surface area contributed by atoms with Crippen LogP contribution in [0.2, 0.25) is 0 Å². The highest BCUT2D eigenvalue weighted by Gasteiger charge is 2.15. The van der Waals surface area contributed by atoms with E-state index < -0.39 is 0 Å². The molecular formula is C20H20ClN3O3. The first-order valence-corrected chi connectivity index (χ1v) is 8.64. The molecule has 0 amide bonds. The van der Waals surface area contributed by atoms with Crippen molar-refractivity contribution < 1.29 is 9.66 Å². The Morgan fingerprint density at radius 1 is 1.04 bits per heavy atom. The van der Waals surface area contributed by atoms with E-state index in [-0.39, 0.29) is 23.0 Å². The van der Waals surface area contributed by atoms with Crippen molar-refractivity contribution in [2.75, 3.05) is 26.3 Å².